The molecule has 11 heavy (non-hydrogen) atoms. The van der Waals surface area contributed by atoms with Gasteiger partial charge in [0.25, 0.3) is 0 Å². The third kappa shape index (κ3) is 0.500. The average molecular weight is 154 g/mol. The van der Waals surface area contributed by atoms with E-state index in [1.165, 1.54) is 6.26 Å². The van der Waals surface area contributed by atoms with E-state index in [0.29, 0.717) is 6.42 Å². The molecule has 0 amide bonds. The summed E-state index contributed by atoms with van der Waals surface area (Å²) in [5, 5.41) is 19.6. The normalized spacial score (nSPS) is 63.8. The first-order valence-electron chi connectivity index (χ1n) is 3.93. The van der Waals surface area contributed by atoms with Gasteiger partial charge in [-0.05, 0) is 24.8 Å². The van der Waals surface area contributed by atoms with Crippen LogP contribution in [-0.4, -0.2) is 27.5 Å². The molecule has 0 aromatic rings. The van der Waals surface area contributed by atoms with Gasteiger partial charge in [0.1, 0.15) is 11.2 Å². The van der Waals surface area contributed by atoms with Crippen LogP contribution in [0.3, 0.4) is 0 Å². The molecular weight excluding hydrogens is 144 g/mol. The predicted octanol–water partition coefficient (Wildman–Crippen LogP) is -0.215. The Morgan fingerprint density at radius 3 is 2.91 bits per heavy atom. The molecule has 2 saturated carbocycles. The summed E-state index contributed by atoms with van der Waals surface area (Å²) >= 11 is 0. The van der Waals surface area contributed by atoms with E-state index < -0.39 is 11.2 Å². The van der Waals surface area contributed by atoms with Gasteiger partial charge in [0, 0.05) is 0 Å². The van der Waals surface area contributed by atoms with Crippen molar-refractivity contribution in [2.45, 2.75) is 30.1 Å². The summed E-state index contributed by atoms with van der Waals surface area (Å²) in [7, 11) is 0. The number of rotatable bonds is 0. The Hall–Kier alpha value is -0.540. The fraction of sp³-hybridized carbons (Fsp3) is 0.750. The molecule has 4 atom stereocenters. The maximum atomic E-state index is 9.83. The van der Waals surface area contributed by atoms with Gasteiger partial charge in [-0.3, -0.25) is 0 Å². The molecule has 0 aromatic carbocycles. The average Bonchev–Trinajstić information content (AvgIpc) is 2.37. The van der Waals surface area contributed by atoms with Gasteiger partial charge in [0.15, 0.2) is 6.10 Å². The molecule has 3 heteroatoms. The van der Waals surface area contributed by atoms with Crippen LogP contribution in [0.25, 0.3) is 0 Å². The molecule has 2 aliphatic carbocycles. The molecule has 1 heterocycles. The molecule has 1 unspecified atom stereocenters. The standard InChI is InChI=1S/C8H10O3/c9-7-1-2-11-6(7)8(10)4-5(8)3-7/h1-2,5-6,9-10H,3-4H2/t5?,6-,7+,8+/m0/s1. The quantitative estimate of drug-likeness (QED) is 0.507. The Morgan fingerprint density at radius 1 is 1.36 bits per heavy atom. The molecule has 3 nitrogen and oxygen atoms in total. The van der Waals surface area contributed by atoms with E-state index in [4.69, 9.17) is 4.74 Å². The number of hydrogen-bond donors (Lipinski definition) is 2. The van der Waals surface area contributed by atoms with Gasteiger partial charge in [-0.2, -0.15) is 0 Å². The van der Waals surface area contributed by atoms with Crippen LogP contribution in [0.5, 0.6) is 0 Å². The highest BCUT2D eigenvalue weighted by Crippen LogP contribution is 2.62. The Bertz CT molecular complexity index is 250. The van der Waals surface area contributed by atoms with Crippen LogP contribution in [0.15, 0.2) is 12.3 Å². The lowest BCUT2D eigenvalue weighted by atomic mass is 9.96. The third-order valence-corrected chi connectivity index (χ3v) is 3.17. The summed E-state index contributed by atoms with van der Waals surface area (Å²) in [5.41, 5.74) is -1.57. The third-order valence-electron chi connectivity index (χ3n) is 3.17. The zero-order valence-electron chi connectivity index (χ0n) is 6.03. The molecule has 0 spiro atoms. The largest absolute Gasteiger partial charge is 0.492 e. The smallest absolute Gasteiger partial charge is 0.159 e. The molecule has 60 valence electrons. The van der Waals surface area contributed by atoms with E-state index in [9.17, 15) is 10.2 Å². The second-order valence-corrected chi connectivity index (χ2v) is 3.91. The Morgan fingerprint density at radius 2 is 2.18 bits per heavy atom. The monoisotopic (exact) mass is 154 g/mol. The first kappa shape index (κ1) is 6.03. The van der Waals surface area contributed by atoms with E-state index in [1.807, 2.05) is 0 Å². The van der Waals surface area contributed by atoms with E-state index in [0.717, 1.165) is 6.42 Å². The van der Waals surface area contributed by atoms with Gasteiger partial charge in [-0.1, -0.05) is 0 Å². The van der Waals surface area contributed by atoms with Crippen molar-refractivity contribution in [1.82, 2.24) is 0 Å². The number of fused-ring (bicyclic) bond motifs is 3. The highest BCUT2D eigenvalue weighted by Gasteiger charge is 2.73. The molecule has 2 N–H and O–H groups in total. The van der Waals surface area contributed by atoms with Gasteiger partial charge in [0.2, 0.25) is 0 Å². The van der Waals surface area contributed by atoms with Gasteiger partial charge < -0.3 is 14.9 Å². The second kappa shape index (κ2) is 1.34. The molecule has 0 bridgehead atoms. The van der Waals surface area contributed by atoms with E-state index >= 15 is 0 Å². The Kier molecular flexibility index (Phi) is 0.736. The molecule has 1 aliphatic heterocycles. The van der Waals surface area contributed by atoms with Crippen molar-refractivity contribution in [2.24, 2.45) is 5.92 Å². The predicted molar refractivity (Wildman–Crippen MR) is 36.6 cm³/mol. The minimum atomic E-state index is -0.863. The summed E-state index contributed by atoms with van der Waals surface area (Å²) in [6.45, 7) is 0. The molecule has 3 rings (SSSR count). The summed E-state index contributed by atoms with van der Waals surface area (Å²) < 4.78 is 5.16. The van der Waals surface area contributed by atoms with Crippen LogP contribution in [0.2, 0.25) is 0 Å². The van der Waals surface area contributed by atoms with Crippen LogP contribution in [-0.2, 0) is 4.74 Å². The van der Waals surface area contributed by atoms with Gasteiger partial charge in [-0.25, -0.2) is 0 Å². The SMILES string of the molecule is O[C@@]12C=CO[C@@H]1[C@@]1(O)CC1C2. The minimum absolute atomic E-state index is 0.266. The van der Waals surface area contributed by atoms with Crippen molar-refractivity contribution >= 4 is 0 Å². The first-order valence-corrected chi connectivity index (χ1v) is 3.93. The summed E-state index contributed by atoms with van der Waals surface area (Å²) in [6, 6.07) is 0. The molecule has 2 fully saturated rings. The van der Waals surface area contributed by atoms with Crippen LogP contribution < -0.4 is 0 Å². The van der Waals surface area contributed by atoms with E-state index in [2.05, 4.69) is 0 Å². The van der Waals surface area contributed by atoms with Crippen LogP contribution in [0, 0.1) is 5.92 Å². The lowest BCUT2D eigenvalue weighted by Gasteiger charge is -2.24. The minimum Gasteiger partial charge on any atom is -0.492 e. The van der Waals surface area contributed by atoms with Crippen molar-refractivity contribution in [3.05, 3.63) is 12.3 Å². The molecule has 0 radical (unpaired) electrons. The number of hydrogen-bond acceptors (Lipinski definition) is 3. The van der Waals surface area contributed by atoms with E-state index in [1.54, 1.807) is 6.08 Å². The molecular formula is C8H10O3. The maximum absolute atomic E-state index is 9.83. The van der Waals surface area contributed by atoms with E-state index in [-0.39, 0.29) is 12.0 Å². The number of ether oxygens (including phenoxy) is 1. The maximum Gasteiger partial charge on any atom is 0.159 e. The van der Waals surface area contributed by atoms with Crippen LogP contribution in [0.4, 0.5) is 0 Å². The summed E-state index contributed by atoms with van der Waals surface area (Å²) in [4.78, 5) is 0. The topological polar surface area (TPSA) is 49.7 Å². The molecule has 0 aromatic heterocycles. The first-order chi connectivity index (χ1) is 5.15. The number of aliphatic hydroxyl groups is 2. The molecule has 0 saturated heterocycles. The lowest BCUT2D eigenvalue weighted by molar-refractivity contribution is -0.0707. The van der Waals surface area contributed by atoms with Crippen molar-refractivity contribution in [1.29, 1.82) is 0 Å². The second-order valence-electron chi connectivity index (χ2n) is 3.91. The highest BCUT2D eigenvalue weighted by atomic mass is 16.5. The molecule has 3 aliphatic rings. The highest BCUT2D eigenvalue weighted by molar-refractivity contribution is 5.30. The van der Waals surface area contributed by atoms with Crippen molar-refractivity contribution in [3.8, 4) is 0 Å². The summed E-state index contributed by atoms with van der Waals surface area (Å²) in [6.07, 6.45) is 4.21. The van der Waals surface area contributed by atoms with Crippen LogP contribution in [0.1, 0.15) is 12.8 Å². The van der Waals surface area contributed by atoms with Gasteiger partial charge in [-0.15, -0.1) is 0 Å². The fourth-order valence-electron chi connectivity index (χ4n) is 2.47. The fourth-order valence-corrected chi connectivity index (χ4v) is 2.47. The van der Waals surface area contributed by atoms with Crippen molar-refractivity contribution < 1.29 is 14.9 Å². The zero-order valence-corrected chi connectivity index (χ0v) is 6.03. The summed E-state index contributed by atoms with van der Waals surface area (Å²) in [5.74, 6) is 0.266. The van der Waals surface area contributed by atoms with Gasteiger partial charge >= 0.3 is 0 Å². The lowest BCUT2D eigenvalue weighted by Crippen LogP contribution is -2.42. The van der Waals surface area contributed by atoms with Crippen molar-refractivity contribution in [2.75, 3.05) is 0 Å². The van der Waals surface area contributed by atoms with Crippen molar-refractivity contribution in [3.63, 3.8) is 0 Å². The van der Waals surface area contributed by atoms with Crippen LogP contribution >= 0.6 is 0 Å². The zero-order chi connectivity index (χ0) is 7.69. The Balaban J connectivity index is 2.04. The van der Waals surface area contributed by atoms with Gasteiger partial charge in [0.05, 0.1) is 6.26 Å². The Labute approximate surface area is 64.3 Å².